The molecule has 0 fully saturated rings. The van der Waals surface area contributed by atoms with E-state index in [9.17, 15) is 5.11 Å². The van der Waals surface area contributed by atoms with E-state index in [-0.39, 0.29) is 26.8 Å². The van der Waals surface area contributed by atoms with Crippen molar-refractivity contribution < 1.29 is 30.6 Å². The number of phenols is 1. The maximum absolute atomic E-state index is 11.0. The molecule has 0 atom stereocenters. The molecule has 0 amide bonds. The van der Waals surface area contributed by atoms with E-state index in [0.717, 1.165) is 49.8 Å². The molecule has 0 spiro atoms. The quantitative estimate of drug-likeness (QED) is 0.201. The van der Waals surface area contributed by atoms with Crippen LogP contribution in [0.5, 0.6) is 5.75 Å². The molecule has 4 aromatic carbocycles. The number of benzene rings is 4. The van der Waals surface area contributed by atoms with E-state index in [1.165, 1.54) is 0 Å². The number of aromatic nitrogens is 3. The molecule has 0 aliphatic carbocycles. The molecule has 5 nitrogen and oxygen atoms in total. The Bertz CT molecular complexity index is 1920. The smallest absolute Gasteiger partial charge is 0.145 e. The minimum atomic E-state index is 0. The van der Waals surface area contributed by atoms with Crippen molar-refractivity contribution in [3.05, 3.63) is 103 Å². The van der Waals surface area contributed by atoms with Gasteiger partial charge in [0.05, 0.1) is 11.3 Å². The minimum Gasteiger partial charge on any atom is -0.507 e. The fourth-order valence-corrected chi connectivity index (χ4v) is 4.93. The first-order chi connectivity index (χ1) is 17.7. The molecule has 37 heavy (non-hydrogen) atoms. The Morgan fingerprint density at radius 3 is 2.43 bits per heavy atom. The van der Waals surface area contributed by atoms with E-state index >= 15 is 0 Å². The number of phenolic OH excluding ortho intramolecular Hbond substituents is 1. The molecule has 3 heterocycles. The van der Waals surface area contributed by atoms with Crippen molar-refractivity contribution in [2.24, 2.45) is 7.05 Å². The number of rotatable bonds is 3. The van der Waals surface area contributed by atoms with Gasteiger partial charge in [-0.3, -0.25) is 4.98 Å². The van der Waals surface area contributed by atoms with Gasteiger partial charge < -0.3 is 14.1 Å². The number of hydrogen-bond donors (Lipinski definition) is 1. The third-order valence-corrected chi connectivity index (χ3v) is 6.59. The van der Waals surface area contributed by atoms with Crippen LogP contribution in [0.2, 0.25) is 0 Å². The fraction of sp³-hybridized carbons (Fsp3) is 0.0323. The number of furan rings is 1. The van der Waals surface area contributed by atoms with Gasteiger partial charge in [-0.1, -0.05) is 48.5 Å². The van der Waals surface area contributed by atoms with Crippen LogP contribution in [0.4, 0.5) is 0 Å². The van der Waals surface area contributed by atoms with Gasteiger partial charge in [0, 0.05) is 50.5 Å². The number of hydrogen-bond acceptors (Lipinski definition) is 4. The average Bonchev–Trinajstić information content (AvgIpc) is 3.49. The van der Waals surface area contributed by atoms with E-state index in [0.29, 0.717) is 17.0 Å². The standard InChI is InChI=1S/C31H20N3O2.Pt/c1-34-18-24(30-21-12-6-5-11-20(21)17-23(32-30)19-9-3-2-4-10-19)33-31(34)29-25(35)15-16-27-28(29)22-13-7-8-14-26(22)36-27;/h2-9,11-18,35H,1H3;/q-1;. The fourth-order valence-electron chi connectivity index (χ4n) is 4.93. The predicted molar refractivity (Wildman–Crippen MR) is 143 cm³/mol. The molecule has 7 rings (SSSR count). The summed E-state index contributed by atoms with van der Waals surface area (Å²) in [6, 6.07) is 32.7. The molecule has 7 aromatic rings. The monoisotopic (exact) mass is 661 g/mol. The van der Waals surface area contributed by atoms with Crippen LogP contribution in [-0.4, -0.2) is 19.6 Å². The van der Waals surface area contributed by atoms with Crippen molar-refractivity contribution in [3.8, 4) is 39.8 Å². The van der Waals surface area contributed by atoms with E-state index < -0.39 is 0 Å². The summed E-state index contributed by atoms with van der Waals surface area (Å²) in [5.41, 5.74) is 5.39. The number of fused-ring (bicyclic) bond motifs is 4. The minimum absolute atomic E-state index is 0. The zero-order valence-electron chi connectivity index (χ0n) is 19.8. The summed E-state index contributed by atoms with van der Waals surface area (Å²) in [5, 5.41) is 14.9. The summed E-state index contributed by atoms with van der Waals surface area (Å²) < 4.78 is 7.99. The molecule has 0 unspecified atom stereocenters. The van der Waals surface area contributed by atoms with Gasteiger partial charge in [0.2, 0.25) is 0 Å². The number of imidazole rings is 1. The molecule has 0 saturated heterocycles. The van der Waals surface area contributed by atoms with Crippen LogP contribution < -0.4 is 0 Å². The molecule has 0 radical (unpaired) electrons. The van der Waals surface area contributed by atoms with Crippen LogP contribution in [0.15, 0.2) is 102 Å². The first kappa shape index (κ1) is 23.2. The molecular weight excluding hydrogens is 641 g/mol. The number of aromatic hydroxyl groups is 1. The van der Waals surface area contributed by atoms with Gasteiger partial charge in [-0.15, -0.1) is 35.9 Å². The second-order valence-electron chi connectivity index (χ2n) is 8.85. The Labute approximate surface area is 227 Å². The first-order valence-electron chi connectivity index (χ1n) is 11.7. The summed E-state index contributed by atoms with van der Waals surface area (Å²) in [5.74, 6) is 0.793. The summed E-state index contributed by atoms with van der Waals surface area (Å²) in [6.07, 6.45) is 1.96. The molecule has 1 N–H and O–H groups in total. The van der Waals surface area contributed by atoms with Crippen LogP contribution in [0.3, 0.4) is 0 Å². The topological polar surface area (TPSA) is 64.1 Å². The number of nitrogens with zero attached hydrogens (tertiary/aromatic N) is 3. The van der Waals surface area contributed by atoms with Gasteiger partial charge in [0.25, 0.3) is 0 Å². The van der Waals surface area contributed by atoms with Gasteiger partial charge in [0.1, 0.15) is 28.4 Å². The zero-order valence-corrected chi connectivity index (χ0v) is 22.0. The maximum atomic E-state index is 11.0. The van der Waals surface area contributed by atoms with Crippen molar-refractivity contribution in [1.82, 2.24) is 14.5 Å². The van der Waals surface area contributed by atoms with Crippen molar-refractivity contribution >= 4 is 32.7 Å². The van der Waals surface area contributed by atoms with Gasteiger partial charge in [-0.2, -0.15) is 0 Å². The molecule has 0 saturated carbocycles. The van der Waals surface area contributed by atoms with Crippen LogP contribution >= 0.6 is 0 Å². The molecule has 182 valence electrons. The number of para-hydroxylation sites is 1. The first-order valence-corrected chi connectivity index (χ1v) is 11.7. The Hall–Kier alpha value is -4.21. The van der Waals surface area contributed by atoms with Crippen LogP contribution in [0.25, 0.3) is 66.7 Å². The number of aryl methyl sites for hydroxylation is 1. The Kier molecular flexibility index (Phi) is 5.66. The average molecular weight is 662 g/mol. The van der Waals surface area contributed by atoms with E-state index in [4.69, 9.17) is 14.4 Å². The predicted octanol–water partition coefficient (Wildman–Crippen LogP) is 7.37. The van der Waals surface area contributed by atoms with Crippen molar-refractivity contribution in [2.45, 2.75) is 0 Å². The molecule has 0 aliphatic heterocycles. The maximum Gasteiger partial charge on any atom is 0.145 e. The molecular formula is C31H20N3O2Pt-. The Balaban J connectivity index is 0.00000252. The molecule has 0 aliphatic rings. The van der Waals surface area contributed by atoms with Gasteiger partial charge in [-0.25, -0.2) is 4.98 Å². The van der Waals surface area contributed by atoms with E-state index in [2.05, 4.69) is 24.3 Å². The third kappa shape index (κ3) is 3.74. The van der Waals surface area contributed by atoms with Gasteiger partial charge >= 0.3 is 0 Å². The second-order valence-corrected chi connectivity index (χ2v) is 8.85. The van der Waals surface area contributed by atoms with Crippen molar-refractivity contribution in [3.63, 3.8) is 0 Å². The molecule has 0 bridgehead atoms. The summed E-state index contributed by atoms with van der Waals surface area (Å²) in [7, 11) is 1.93. The third-order valence-electron chi connectivity index (χ3n) is 6.59. The van der Waals surface area contributed by atoms with E-state index in [1.807, 2.05) is 78.5 Å². The van der Waals surface area contributed by atoms with Crippen molar-refractivity contribution in [2.75, 3.05) is 0 Å². The zero-order chi connectivity index (χ0) is 24.2. The normalized spacial score (nSPS) is 11.3. The van der Waals surface area contributed by atoms with Crippen LogP contribution in [-0.2, 0) is 28.1 Å². The van der Waals surface area contributed by atoms with Crippen LogP contribution in [0, 0.1) is 6.07 Å². The Morgan fingerprint density at radius 1 is 0.811 bits per heavy atom. The summed E-state index contributed by atoms with van der Waals surface area (Å²) >= 11 is 0. The van der Waals surface area contributed by atoms with E-state index in [1.54, 1.807) is 12.1 Å². The SMILES string of the molecule is Cn1cc(-c2nc(-c3[c-]cccc3)cc3ccccc23)nc1-c1c(O)ccc2oc3ccccc3c12.[Pt]. The molecule has 3 aromatic heterocycles. The van der Waals surface area contributed by atoms with Gasteiger partial charge in [-0.05, 0) is 29.3 Å². The molecule has 6 heteroatoms. The second kappa shape index (κ2) is 9.02. The Morgan fingerprint density at radius 2 is 1.59 bits per heavy atom. The largest absolute Gasteiger partial charge is 0.507 e. The number of pyridine rings is 1. The van der Waals surface area contributed by atoms with Crippen LogP contribution in [0.1, 0.15) is 0 Å². The van der Waals surface area contributed by atoms with Crippen molar-refractivity contribution in [1.29, 1.82) is 0 Å². The summed E-state index contributed by atoms with van der Waals surface area (Å²) in [6.45, 7) is 0. The van der Waals surface area contributed by atoms with Gasteiger partial charge in [0.15, 0.2) is 0 Å². The summed E-state index contributed by atoms with van der Waals surface area (Å²) in [4.78, 5) is 10.0.